The molecule has 1 rings (SSSR count). The van der Waals surface area contributed by atoms with Crippen LogP contribution in [0.3, 0.4) is 0 Å². The number of aromatic hydroxyl groups is 1. The standard InChI is InChI=1S/C14H21BrN2O2/c1-4-7-17(9-8-16(2)3)14(19)11-5-6-12(15)13(18)10-11/h5-6,10,18H,4,7-9H2,1-3H3. The van der Waals surface area contributed by atoms with Crippen molar-refractivity contribution in [3.63, 3.8) is 0 Å². The molecule has 5 heteroatoms. The van der Waals surface area contributed by atoms with Gasteiger partial charge in [-0.15, -0.1) is 0 Å². The van der Waals surface area contributed by atoms with E-state index in [1.807, 2.05) is 19.0 Å². The predicted octanol–water partition coefficient (Wildman–Crippen LogP) is 2.57. The highest BCUT2D eigenvalue weighted by atomic mass is 79.9. The van der Waals surface area contributed by atoms with E-state index in [4.69, 9.17) is 0 Å². The lowest BCUT2D eigenvalue weighted by Crippen LogP contribution is -2.37. The van der Waals surface area contributed by atoms with E-state index < -0.39 is 0 Å². The average molecular weight is 329 g/mol. The Morgan fingerprint density at radius 2 is 1.95 bits per heavy atom. The predicted molar refractivity (Wildman–Crippen MR) is 80.6 cm³/mol. The maximum absolute atomic E-state index is 12.4. The van der Waals surface area contributed by atoms with Crippen LogP contribution < -0.4 is 0 Å². The van der Waals surface area contributed by atoms with Crippen LogP contribution in [0.5, 0.6) is 5.75 Å². The summed E-state index contributed by atoms with van der Waals surface area (Å²) in [6.07, 6.45) is 0.918. The van der Waals surface area contributed by atoms with Crippen LogP contribution in [0.15, 0.2) is 22.7 Å². The van der Waals surface area contributed by atoms with Crippen molar-refractivity contribution in [2.75, 3.05) is 33.7 Å². The number of phenols is 1. The van der Waals surface area contributed by atoms with E-state index in [-0.39, 0.29) is 11.7 Å². The topological polar surface area (TPSA) is 43.8 Å². The van der Waals surface area contributed by atoms with Gasteiger partial charge in [0.1, 0.15) is 5.75 Å². The van der Waals surface area contributed by atoms with Gasteiger partial charge in [-0.05, 0) is 54.6 Å². The number of rotatable bonds is 6. The summed E-state index contributed by atoms with van der Waals surface area (Å²) in [6.45, 7) is 4.29. The van der Waals surface area contributed by atoms with E-state index in [1.54, 1.807) is 12.1 Å². The lowest BCUT2D eigenvalue weighted by atomic mass is 10.2. The molecule has 0 aliphatic carbocycles. The minimum atomic E-state index is -0.0356. The summed E-state index contributed by atoms with van der Waals surface area (Å²) in [6, 6.07) is 4.92. The van der Waals surface area contributed by atoms with Crippen molar-refractivity contribution in [1.82, 2.24) is 9.80 Å². The second-order valence-electron chi connectivity index (χ2n) is 4.76. The van der Waals surface area contributed by atoms with Gasteiger partial charge in [0.05, 0.1) is 4.47 Å². The van der Waals surface area contributed by atoms with Crippen molar-refractivity contribution in [3.8, 4) is 5.75 Å². The molecule has 1 aromatic carbocycles. The number of nitrogens with zero attached hydrogens (tertiary/aromatic N) is 2. The van der Waals surface area contributed by atoms with Gasteiger partial charge in [0.15, 0.2) is 0 Å². The monoisotopic (exact) mass is 328 g/mol. The Bertz CT molecular complexity index is 435. The Labute approximate surface area is 123 Å². The first kappa shape index (κ1) is 16.0. The van der Waals surface area contributed by atoms with Gasteiger partial charge in [-0.2, -0.15) is 0 Å². The average Bonchev–Trinajstić information content (AvgIpc) is 2.36. The highest BCUT2D eigenvalue weighted by molar-refractivity contribution is 9.10. The normalized spacial score (nSPS) is 10.8. The third kappa shape index (κ3) is 4.84. The summed E-state index contributed by atoms with van der Waals surface area (Å²) in [7, 11) is 3.97. The summed E-state index contributed by atoms with van der Waals surface area (Å²) in [5.74, 6) is 0.0569. The molecular weight excluding hydrogens is 308 g/mol. The van der Waals surface area contributed by atoms with Crippen molar-refractivity contribution in [1.29, 1.82) is 0 Å². The van der Waals surface area contributed by atoms with Crippen molar-refractivity contribution in [2.24, 2.45) is 0 Å². The Balaban J connectivity index is 2.82. The molecule has 0 aliphatic rings. The van der Waals surface area contributed by atoms with E-state index in [9.17, 15) is 9.90 Å². The zero-order valence-corrected chi connectivity index (χ0v) is 13.3. The number of carbonyl (C=O) groups is 1. The fourth-order valence-corrected chi connectivity index (χ4v) is 1.98. The minimum Gasteiger partial charge on any atom is -0.507 e. The highest BCUT2D eigenvalue weighted by Gasteiger charge is 2.16. The summed E-state index contributed by atoms with van der Waals surface area (Å²) in [5, 5.41) is 9.65. The van der Waals surface area contributed by atoms with E-state index in [2.05, 4.69) is 27.8 Å². The van der Waals surface area contributed by atoms with Gasteiger partial charge in [0.2, 0.25) is 0 Å². The van der Waals surface area contributed by atoms with Crippen molar-refractivity contribution in [3.05, 3.63) is 28.2 Å². The van der Waals surface area contributed by atoms with Gasteiger partial charge < -0.3 is 14.9 Å². The van der Waals surface area contributed by atoms with Gasteiger partial charge in [0.25, 0.3) is 5.91 Å². The zero-order valence-electron chi connectivity index (χ0n) is 11.7. The third-order valence-corrected chi connectivity index (χ3v) is 3.46. The molecule has 0 fully saturated rings. The van der Waals surface area contributed by atoms with Crippen LogP contribution in [0.25, 0.3) is 0 Å². The van der Waals surface area contributed by atoms with Crippen LogP contribution in [-0.4, -0.2) is 54.5 Å². The van der Waals surface area contributed by atoms with E-state index in [0.717, 1.165) is 19.5 Å². The molecule has 0 aliphatic heterocycles. The fraction of sp³-hybridized carbons (Fsp3) is 0.500. The molecule has 0 bridgehead atoms. The molecule has 0 spiro atoms. The molecule has 0 unspecified atom stereocenters. The second-order valence-corrected chi connectivity index (χ2v) is 5.62. The van der Waals surface area contributed by atoms with E-state index >= 15 is 0 Å². The smallest absolute Gasteiger partial charge is 0.254 e. The van der Waals surface area contributed by atoms with Crippen molar-refractivity contribution >= 4 is 21.8 Å². The van der Waals surface area contributed by atoms with Gasteiger partial charge in [-0.25, -0.2) is 0 Å². The molecule has 0 saturated carbocycles. The van der Waals surface area contributed by atoms with Gasteiger partial charge in [-0.1, -0.05) is 6.92 Å². The first-order valence-electron chi connectivity index (χ1n) is 6.38. The summed E-state index contributed by atoms with van der Waals surface area (Å²) in [5.41, 5.74) is 0.521. The lowest BCUT2D eigenvalue weighted by Gasteiger charge is -2.24. The van der Waals surface area contributed by atoms with Gasteiger partial charge >= 0.3 is 0 Å². The number of halogens is 1. The molecule has 1 N–H and O–H groups in total. The van der Waals surface area contributed by atoms with Crippen LogP contribution in [0.2, 0.25) is 0 Å². The largest absolute Gasteiger partial charge is 0.507 e. The molecule has 106 valence electrons. The SMILES string of the molecule is CCCN(CCN(C)C)C(=O)c1ccc(Br)c(O)c1. The maximum Gasteiger partial charge on any atom is 0.254 e. The molecule has 19 heavy (non-hydrogen) atoms. The molecule has 1 aromatic rings. The Kier molecular flexibility index (Phi) is 6.31. The molecule has 4 nitrogen and oxygen atoms in total. The molecule has 0 heterocycles. The first-order chi connectivity index (χ1) is 8.95. The van der Waals surface area contributed by atoms with Crippen LogP contribution >= 0.6 is 15.9 Å². The number of hydrogen-bond donors (Lipinski definition) is 1. The quantitative estimate of drug-likeness (QED) is 0.872. The number of amides is 1. The number of phenolic OH excluding ortho intramolecular Hbond substituents is 1. The highest BCUT2D eigenvalue weighted by Crippen LogP contribution is 2.24. The van der Waals surface area contributed by atoms with Crippen LogP contribution in [0.4, 0.5) is 0 Å². The van der Waals surface area contributed by atoms with Crippen LogP contribution in [0.1, 0.15) is 23.7 Å². The number of carbonyl (C=O) groups excluding carboxylic acids is 1. The fourth-order valence-electron chi connectivity index (χ4n) is 1.73. The first-order valence-corrected chi connectivity index (χ1v) is 7.17. The maximum atomic E-state index is 12.4. The molecular formula is C14H21BrN2O2. The number of hydrogen-bond acceptors (Lipinski definition) is 3. The minimum absolute atomic E-state index is 0.0356. The molecule has 0 saturated heterocycles. The van der Waals surface area contributed by atoms with Crippen LogP contribution in [0, 0.1) is 0 Å². The summed E-state index contributed by atoms with van der Waals surface area (Å²) >= 11 is 3.21. The van der Waals surface area contributed by atoms with Crippen LogP contribution in [-0.2, 0) is 0 Å². The second kappa shape index (κ2) is 7.50. The zero-order chi connectivity index (χ0) is 14.4. The van der Waals surface area contributed by atoms with Crippen molar-refractivity contribution in [2.45, 2.75) is 13.3 Å². The number of likely N-dealkylation sites (N-methyl/N-ethyl adjacent to an activating group) is 1. The Morgan fingerprint density at radius 1 is 1.26 bits per heavy atom. The Hall–Kier alpha value is -1.07. The lowest BCUT2D eigenvalue weighted by molar-refractivity contribution is 0.0744. The molecule has 0 radical (unpaired) electrons. The third-order valence-electron chi connectivity index (χ3n) is 2.79. The van der Waals surface area contributed by atoms with E-state index in [0.29, 0.717) is 16.6 Å². The summed E-state index contributed by atoms with van der Waals surface area (Å²) in [4.78, 5) is 16.3. The van der Waals surface area contributed by atoms with E-state index in [1.165, 1.54) is 6.07 Å². The Morgan fingerprint density at radius 3 is 2.47 bits per heavy atom. The molecule has 0 atom stereocenters. The van der Waals surface area contributed by atoms with Crippen molar-refractivity contribution < 1.29 is 9.90 Å². The summed E-state index contributed by atoms with van der Waals surface area (Å²) < 4.78 is 0.597. The van der Waals surface area contributed by atoms with Gasteiger partial charge in [0, 0.05) is 25.2 Å². The number of benzene rings is 1. The molecule has 1 amide bonds. The van der Waals surface area contributed by atoms with Gasteiger partial charge in [-0.3, -0.25) is 4.79 Å². The molecule has 0 aromatic heterocycles.